The number of fused-ring (bicyclic) bond motifs is 1. The third kappa shape index (κ3) is 3.55. The van der Waals surface area contributed by atoms with Crippen LogP contribution in [0.1, 0.15) is 46.4 Å². The van der Waals surface area contributed by atoms with Gasteiger partial charge in [0, 0.05) is 43.6 Å². The van der Waals surface area contributed by atoms with Crippen molar-refractivity contribution in [2.24, 2.45) is 0 Å². The number of aryl methyl sites for hydroxylation is 2. The van der Waals surface area contributed by atoms with Gasteiger partial charge in [0.1, 0.15) is 5.69 Å². The Labute approximate surface area is 170 Å². The maximum atomic E-state index is 13.5. The molecule has 3 heterocycles. The minimum absolute atomic E-state index is 0.0555. The standard InChI is InChI=1S/C23H27N3O3/c1-3-4-11-26-19-9-6-5-8-18(19)17(2)21(26)23(28)25-14-12-24(13-15-25)22(27)20-10-7-16-29-20/h5-10,16H,3-4,11-15H2,1-2H3. The molecule has 6 heteroatoms. The van der Waals surface area contributed by atoms with Crippen LogP contribution in [-0.4, -0.2) is 52.4 Å². The lowest BCUT2D eigenvalue weighted by molar-refractivity contribution is 0.0512. The van der Waals surface area contributed by atoms with Gasteiger partial charge in [0.2, 0.25) is 0 Å². The molecule has 1 saturated heterocycles. The molecule has 0 bridgehead atoms. The van der Waals surface area contributed by atoms with Crippen LogP contribution in [0.2, 0.25) is 0 Å². The first kappa shape index (κ1) is 19.3. The van der Waals surface area contributed by atoms with E-state index in [2.05, 4.69) is 23.6 Å². The van der Waals surface area contributed by atoms with Crippen molar-refractivity contribution >= 4 is 22.7 Å². The molecule has 0 N–H and O–H groups in total. The molecular weight excluding hydrogens is 366 g/mol. The van der Waals surface area contributed by atoms with E-state index in [1.807, 2.05) is 24.0 Å². The number of furan rings is 1. The lowest BCUT2D eigenvalue weighted by atomic mass is 10.1. The van der Waals surface area contributed by atoms with Crippen LogP contribution < -0.4 is 0 Å². The number of para-hydroxylation sites is 1. The van der Waals surface area contributed by atoms with Gasteiger partial charge in [0.15, 0.2) is 5.76 Å². The number of nitrogens with zero attached hydrogens (tertiary/aromatic N) is 3. The van der Waals surface area contributed by atoms with Crippen LogP contribution in [0.15, 0.2) is 47.1 Å². The Morgan fingerprint density at radius 2 is 1.66 bits per heavy atom. The number of carbonyl (C=O) groups is 2. The van der Waals surface area contributed by atoms with Crippen LogP contribution in [0.5, 0.6) is 0 Å². The molecule has 0 atom stereocenters. The van der Waals surface area contributed by atoms with E-state index in [1.54, 1.807) is 17.0 Å². The highest BCUT2D eigenvalue weighted by Crippen LogP contribution is 2.27. The first-order valence-corrected chi connectivity index (χ1v) is 10.3. The summed E-state index contributed by atoms with van der Waals surface area (Å²) in [6.07, 6.45) is 3.61. The molecule has 1 fully saturated rings. The van der Waals surface area contributed by atoms with Gasteiger partial charge in [-0.3, -0.25) is 9.59 Å². The number of unbranched alkanes of at least 4 members (excludes halogenated alkanes) is 1. The SMILES string of the molecule is CCCCn1c(C(=O)N2CCN(C(=O)c3ccco3)CC2)c(C)c2ccccc21. The number of hydrogen-bond donors (Lipinski definition) is 0. The van der Waals surface area contributed by atoms with Crippen LogP contribution in [0.4, 0.5) is 0 Å². The van der Waals surface area contributed by atoms with Crippen LogP contribution in [-0.2, 0) is 6.54 Å². The molecule has 6 nitrogen and oxygen atoms in total. The third-order valence-corrected chi connectivity index (χ3v) is 5.75. The zero-order valence-corrected chi connectivity index (χ0v) is 17.1. The first-order chi connectivity index (χ1) is 14.1. The van der Waals surface area contributed by atoms with Crippen molar-refractivity contribution in [1.82, 2.24) is 14.4 Å². The summed E-state index contributed by atoms with van der Waals surface area (Å²) < 4.78 is 7.40. The van der Waals surface area contributed by atoms with E-state index >= 15 is 0 Å². The second kappa shape index (κ2) is 8.15. The molecule has 0 unspecified atom stereocenters. The fraction of sp³-hybridized carbons (Fsp3) is 0.391. The molecule has 2 amide bonds. The Morgan fingerprint density at radius 3 is 2.31 bits per heavy atom. The number of amides is 2. The van der Waals surface area contributed by atoms with Crippen molar-refractivity contribution in [2.75, 3.05) is 26.2 Å². The summed E-state index contributed by atoms with van der Waals surface area (Å²) in [6.45, 7) is 7.12. The van der Waals surface area contributed by atoms with Crippen molar-refractivity contribution in [3.63, 3.8) is 0 Å². The number of benzene rings is 1. The van der Waals surface area contributed by atoms with Gasteiger partial charge in [-0.05, 0) is 37.1 Å². The number of aromatic nitrogens is 1. The molecule has 0 spiro atoms. The second-order valence-electron chi connectivity index (χ2n) is 7.56. The molecule has 3 aromatic rings. The summed E-state index contributed by atoms with van der Waals surface area (Å²) in [5.41, 5.74) is 2.94. The van der Waals surface area contributed by atoms with Crippen molar-refractivity contribution in [2.45, 2.75) is 33.2 Å². The summed E-state index contributed by atoms with van der Waals surface area (Å²) in [6, 6.07) is 11.6. The summed E-state index contributed by atoms with van der Waals surface area (Å²) in [5, 5.41) is 1.14. The van der Waals surface area contributed by atoms with E-state index in [-0.39, 0.29) is 11.8 Å². The Hall–Kier alpha value is -3.02. The lowest BCUT2D eigenvalue weighted by Gasteiger charge is -2.34. The minimum atomic E-state index is -0.115. The monoisotopic (exact) mass is 393 g/mol. The van der Waals surface area contributed by atoms with Gasteiger partial charge in [-0.2, -0.15) is 0 Å². The summed E-state index contributed by atoms with van der Waals surface area (Å²) in [4.78, 5) is 29.6. The van der Waals surface area contributed by atoms with Crippen LogP contribution >= 0.6 is 0 Å². The van der Waals surface area contributed by atoms with E-state index in [9.17, 15) is 9.59 Å². The second-order valence-corrected chi connectivity index (χ2v) is 7.56. The maximum Gasteiger partial charge on any atom is 0.289 e. The summed E-state index contributed by atoms with van der Waals surface area (Å²) >= 11 is 0. The average molecular weight is 393 g/mol. The molecular formula is C23H27N3O3. The van der Waals surface area contributed by atoms with E-state index in [4.69, 9.17) is 4.42 Å². The molecule has 1 aliphatic heterocycles. The Bertz CT molecular complexity index is 1010. The molecule has 152 valence electrons. The number of hydrogen-bond acceptors (Lipinski definition) is 3. The number of carbonyl (C=O) groups excluding carboxylic acids is 2. The fourth-order valence-electron chi connectivity index (χ4n) is 4.12. The minimum Gasteiger partial charge on any atom is -0.459 e. The van der Waals surface area contributed by atoms with Crippen LogP contribution in [0.25, 0.3) is 10.9 Å². The first-order valence-electron chi connectivity index (χ1n) is 10.3. The third-order valence-electron chi connectivity index (χ3n) is 5.75. The topological polar surface area (TPSA) is 58.7 Å². The van der Waals surface area contributed by atoms with Gasteiger partial charge in [-0.15, -0.1) is 0 Å². The number of rotatable bonds is 5. The van der Waals surface area contributed by atoms with E-state index in [0.717, 1.165) is 41.5 Å². The van der Waals surface area contributed by atoms with Gasteiger partial charge in [-0.25, -0.2) is 0 Å². The van der Waals surface area contributed by atoms with E-state index in [0.29, 0.717) is 31.9 Å². The highest BCUT2D eigenvalue weighted by atomic mass is 16.3. The Kier molecular flexibility index (Phi) is 5.43. The maximum absolute atomic E-state index is 13.5. The van der Waals surface area contributed by atoms with Crippen LogP contribution in [0.3, 0.4) is 0 Å². The lowest BCUT2D eigenvalue weighted by Crippen LogP contribution is -2.51. The van der Waals surface area contributed by atoms with E-state index < -0.39 is 0 Å². The van der Waals surface area contributed by atoms with Crippen molar-refractivity contribution in [3.05, 3.63) is 59.7 Å². The molecule has 1 aliphatic rings. The Morgan fingerprint density at radius 1 is 0.966 bits per heavy atom. The predicted molar refractivity (Wildman–Crippen MR) is 112 cm³/mol. The van der Waals surface area contributed by atoms with Crippen molar-refractivity contribution < 1.29 is 14.0 Å². The van der Waals surface area contributed by atoms with Crippen LogP contribution in [0, 0.1) is 6.92 Å². The van der Waals surface area contributed by atoms with Gasteiger partial charge < -0.3 is 18.8 Å². The zero-order chi connectivity index (χ0) is 20.4. The molecule has 0 radical (unpaired) electrons. The highest BCUT2D eigenvalue weighted by molar-refractivity contribution is 6.02. The van der Waals surface area contributed by atoms with Gasteiger partial charge in [-0.1, -0.05) is 31.5 Å². The normalized spacial score (nSPS) is 14.6. The van der Waals surface area contributed by atoms with Gasteiger partial charge >= 0.3 is 0 Å². The summed E-state index contributed by atoms with van der Waals surface area (Å²) in [7, 11) is 0. The molecule has 29 heavy (non-hydrogen) atoms. The molecule has 0 aliphatic carbocycles. The zero-order valence-electron chi connectivity index (χ0n) is 17.1. The summed E-state index contributed by atoms with van der Waals surface area (Å²) in [5.74, 6) is 0.288. The van der Waals surface area contributed by atoms with Gasteiger partial charge in [0.05, 0.1) is 6.26 Å². The van der Waals surface area contributed by atoms with Crippen molar-refractivity contribution in [3.8, 4) is 0 Å². The van der Waals surface area contributed by atoms with Gasteiger partial charge in [0.25, 0.3) is 11.8 Å². The van der Waals surface area contributed by atoms with E-state index in [1.165, 1.54) is 6.26 Å². The largest absolute Gasteiger partial charge is 0.459 e. The quantitative estimate of drug-likeness (QED) is 0.660. The average Bonchev–Trinajstić information content (AvgIpc) is 3.39. The molecule has 2 aromatic heterocycles. The molecule has 4 rings (SSSR count). The van der Waals surface area contributed by atoms with Crippen molar-refractivity contribution in [1.29, 1.82) is 0 Å². The smallest absolute Gasteiger partial charge is 0.289 e. The fourth-order valence-corrected chi connectivity index (χ4v) is 4.12. The number of piperazine rings is 1. The highest BCUT2D eigenvalue weighted by Gasteiger charge is 2.29. The molecule has 0 saturated carbocycles. The predicted octanol–water partition coefficient (Wildman–Crippen LogP) is 3.94. The molecule has 1 aromatic carbocycles. The Balaban J connectivity index is 1.55.